The third kappa shape index (κ3) is 2.82. The van der Waals surface area contributed by atoms with Crippen LogP contribution in [0.2, 0.25) is 0 Å². The molecular weight excluding hydrogens is 279 g/mol. The Kier molecular flexibility index (Phi) is 3.49. The number of nitrogens with one attached hydrogen (secondary N) is 1. The Balaban J connectivity index is 1.68. The van der Waals surface area contributed by atoms with Gasteiger partial charge in [0.05, 0.1) is 6.54 Å². The smallest absolute Gasteiger partial charge is 0.152 e. The van der Waals surface area contributed by atoms with E-state index in [4.69, 9.17) is 4.74 Å². The van der Waals surface area contributed by atoms with E-state index in [0.29, 0.717) is 18.6 Å². The maximum atomic E-state index is 13.5. The van der Waals surface area contributed by atoms with E-state index in [2.05, 4.69) is 5.32 Å². The first-order valence-corrected chi connectivity index (χ1v) is 6.67. The molecule has 0 saturated carbocycles. The van der Waals surface area contributed by atoms with Gasteiger partial charge in [0, 0.05) is 18.6 Å². The molecule has 1 unspecified atom stereocenters. The molecule has 2 aromatic rings. The van der Waals surface area contributed by atoms with Crippen LogP contribution < -0.4 is 10.1 Å². The summed E-state index contributed by atoms with van der Waals surface area (Å²) < 4.78 is 45.6. The molecule has 1 N–H and O–H groups in total. The average Bonchev–Trinajstić information content (AvgIpc) is 2.79. The molecule has 0 amide bonds. The highest BCUT2D eigenvalue weighted by molar-refractivity contribution is 5.47. The molecule has 21 heavy (non-hydrogen) atoms. The first kappa shape index (κ1) is 13.8. The van der Waals surface area contributed by atoms with Crippen molar-refractivity contribution in [2.75, 3.05) is 11.9 Å². The minimum atomic E-state index is -0.946. The van der Waals surface area contributed by atoms with Crippen LogP contribution in [0.3, 0.4) is 0 Å². The highest BCUT2D eigenvalue weighted by atomic mass is 19.1. The number of hydrogen-bond acceptors (Lipinski definition) is 2. The highest BCUT2D eigenvalue weighted by Crippen LogP contribution is 2.30. The van der Waals surface area contributed by atoms with Gasteiger partial charge in [0.1, 0.15) is 23.4 Å². The lowest BCUT2D eigenvalue weighted by Gasteiger charge is -2.14. The van der Waals surface area contributed by atoms with Crippen molar-refractivity contribution in [2.24, 2.45) is 0 Å². The fraction of sp³-hybridized carbons (Fsp3) is 0.250. The van der Waals surface area contributed by atoms with Crippen LogP contribution in [0, 0.1) is 24.4 Å². The minimum Gasteiger partial charge on any atom is -0.488 e. The molecule has 1 aliphatic heterocycles. The predicted octanol–water partition coefficient (Wildman–Crippen LogP) is 3.83. The van der Waals surface area contributed by atoms with Gasteiger partial charge in [-0.1, -0.05) is 17.7 Å². The zero-order valence-electron chi connectivity index (χ0n) is 11.4. The van der Waals surface area contributed by atoms with Crippen LogP contribution in [-0.4, -0.2) is 12.6 Å². The maximum absolute atomic E-state index is 13.5. The molecule has 0 fully saturated rings. The largest absolute Gasteiger partial charge is 0.488 e. The van der Waals surface area contributed by atoms with E-state index in [9.17, 15) is 13.2 Å². The molecule has 3 rings (SSSR count). The molecule has 1 aliphatic rings. The number of halogens is 3. The SMILES string of the molecule is Cc1ccc2c(c1)CC(CNc1c(F)cc(F)cc1F)O2. The summed E-state index contributed by atoms with van der Waals surface area (Å²) in [6.07, 6.45) is 0.472. The van der Waals surface area contributed by atoms with Crippen molar-refractivity contribution in [2.45, 2.75) is 19.4 Å². The summed E-state index contributed by atoms with van der Waals surface area (Å²) in [6, 6.07) is 7.18. The first-order valence-electron chi connectivity index (χ1n) is 6.67. The van der Waals surface area contributed by atoms with Gasteiger partial charge in [-0.05, 0) is 18.6 Å². The summed E-state index contributed by atoms with van der Waals surface area (Å²) in [5.41, 5.74) is 1.90. The van der Waals surface area contributed by atoms with E-state index in [1.165, 1.54) is 0 Å². The summed E-state index contributed by atoms with van der Waals surface area (Å²) in [7, 11) is 0. The molecule has 5 heteroatoms. The Morgan fingerprint density at radius 3 is 2.57 bits per heavy atom. The summed E-state index contributed by atoms with van der Waals surface area (Å²) in [5, 5.41) is 2.66. The number of aryl methyl sites for hydroxylation is 1. The summed E-state index contributed by atoms with van der Waals surface area (Å²) in [5.74, 6) is -2.03. The molecular formula is C16H14F3NO. The van der Waals surface area contributed by atoms with E-state index < -0.39 is 17.5 Å². The lowest BCUT2D eigenvalue weighted by Crippen LogP contribution is -2.24. The van der Waals surface area contributed by atoms with Gasteiger partial charge in [0.25, 0.3) is 0 Å². The summed E-state index contributed by atoms with van der Waals surface area (Å²) in [4.78, 5) is 0. The molecule has 0 saturated heterocycles. The van der Waals surface area contributed by atoms with Crippen molar-refractivity contribution in [3.8, 4) is 5.75 Å². The van der Waals surface area contributed by atoms with Crippen LogP contribution in [0.25, 0.3) is 0 Å². The summed E-state index contributed by atoms with van der Waals surface area (Å²) in [6.45, 7) is 2.24. The Labute approximate surface area is 120 Å². The lowest BCUT2D eigenvalue weighted by atomic mass is 10.1. The van der Waals surface area contributed by atoms with Gasteiger partial charge in [-0.25, -0.2) is 13.2 Å². The molecule has 1 heterocycles. The van der Waals surface area contributed by atoms with Crippen molar-refractivity contribution >= 4 is 5.69 Å². The third-order valence-corrected chi connectivity index (χ3v) is 3.47. The Bertz CT molecular complexity index is 664. The van der Waals surface area contributed by atoms with Crippen molar-refractivity contribution in [3.63, 3.8) is 0 Å². The Morgan fingerprint density at radius 2 is 1.86 bits per heavy atom. The van der Waals surface area contributed by atoms with Gasteiger partial charge in [0.2, 0.25) is 0 Å². The number of fused-ring (bicyclic) bond motifs is 1. The minimum absolute atomic E-state index is 0.203. The molecule has 2 nitrogen and oxygen atoms in total. The Hall–Kier alpha value is -2.17. The molecule has 110 valence electrons. The molecule has 0 aromatic heterocycles. The van der Waals surface area contributed by atoms with Gasteiger partial charge in [-0.3, -0.25) is 0 Å². The van der Waals surface area contributed by atoms with Crippen molar-refractivity contribution < 1.29 is 17.9 Å². The number of rotatable bonds is 3. The normalized spacial score (nSPS) is 16.5. The van der Waals surface area contributed by atoms with E-state index in [1.807, 2.05) is 25.1 Å². The molecule has 0 radical (unpaired) electrons. The number of anilines is 1. The maximum Gasteiger partial charge on any atom is 0.152 e. The fourth-order valence-electron chi connectivity index (χ4n) is 2.49. The van der Waals surface area contributed by atoms with Gasteiger partial charge in [-0.2, -0.15) is 0 Å². The predicted molar refractivity (Wildman–Crippen MR) is 74.1 cm³/mol. The van der Waals surface area contributed by atoms with Crippen LogP contribution >= 0.6 is 0 Å². The van der Waals surface area contributed by atoms with Crippen molar-refractivity contribution in [1.82, 2.24) is 0 Å². The number of hydrogen-bond donors (Lipinski definition) is 1. The molecule has 0 aliphatic carbocycles. The van der Waals surface area contributed by atoms with E-state index in [0.717, 1.165) is 16.9 Å². The van der Waals surface area contributed by atoms with Crippen LogP contribution in [-0.2, 0) is 6.42 Å². The van der Waals surface area contributed by atoms with E-state index >= 15 is 0 Å². The zero-order valence-corrected chi connectivity index (χ0v) is 11.4. The number of ether oxygens (including phenoxy) is 1. The summed E-state index contributed by atoms with van der Waals surface area (Å²) >= 11 is 0. The van der Waals surface area contributed by atoms with E-state index in [-0.39, 0.29) is 18.3 Å². The molecule has 1 atom stereocenters. The standard InChI is InChI=1S/C16H14F3NO/c1-9-2-3-15-10(4-9)5-12(21-15)8-20-16-13(18)6-11(17)7-14(16)19/h2-4,6-7,12,20H,5,8H2,1H3. The van der Waals surface area contributed by atoms with E-state index in [1.54, 1.807) is 0 Å². The zero-order chi connectivity index (χ0) is 15.0. The van der Waals surface area contributed by atoms with Crippen LogP contribution in [0.15, 0.2) is 30.3 Å². The molecule has 0 bridgehead atoms. The van der Waals surface area contributed by atoms with Crippen LogP contribution in [0.5, 0.6) is 5.75 Å². The third-order valence-electron chi connectivity index (χ3n) is 3.47. The van der Waals surface area contributed by atoms with Gasteiger partial charge < -0.3 is 10.1 Å². The van der Waals surface area contributed by atoms with Gasteiger partial charge >= 0.3 is 0 Å². The fourth-order valence-corrected chi connectivity index (χ4v) is 2.49. The van der Waals surface area contributed by atoms with Crippen molar-refractivity contribution in [3.05, 3.63) is 58.9 Å². The second-order valence-corrected chi connectivity index (χ2v) is 5.18. The Morgan fingerprint density at radius 1 is 1.14 bits per heavy atom. The quantitative estimate of drug-likeness (QED) is 0.928. The molecule has 0 spiro atoms. The lowest BCUT2D eigenvalue weighted by molar-refractivity contribution is 0.246. The first-order chi connectivity index (χ1) is 10.0. The number of benzene rings is 2. The average molecular weight is 293 g/mol. The highest BCUT2D eigenvalue weighted by Gasteiger charge is 2.23. The second-order valence-electron chi connectivity index (χ2n) is 5.18. The second kappa shape index (κ2) is 5.31. The topological polar surface area (TPSA) is 21.3 Å². The van der Waals surface area contributed by atoms with Gasteiger partial charge in [0.15, 0.2) is 11.6 Å². The van der Waals surface area contributed by atoms with Crippen molar-refractivity contribution in [1.29, 1.82) is 0 Å². The molecule has 2 aromatic carbocycles. The van der Waals surface area contributed by atoms with Crippen LogP contribution in [0.4, 0.5) is 18.9 Å². The monoisotopic (exact) mass is 293 g/mol. The van der Waals surface area contributed by atoms with Crippen LogP contribution in [0.1, 0.15) is 11.1 Å². The van der Waals surface area contributed by atoms with Gasteiger partial charge in [-0.15, -0.1) is 0 Å².